The van der Waals surface area contributed by atoms with Crippen LogP contribution in [0.4, 0.5) is 8.78 Å². The molecule has 0 fully saturated rings. The monoisotopic (exact) mass is 402 g/mol. The molecule has 1 aliphatic rings. The summed E-state index contributed by atoms with van der Waals surface area (Å²) in [4.78, 5) is -0.590. The Bertz CT molecular complexity index is 653. The van der Waals surface area contributed by atoms with Gasteiger partial charge in [0.05, 0.1) is 11.4 Å². The quantitative estimate of drug-likeness (QED) is 0.630. The first-order chi connectivity index (χ1) is 9.58. The van der Waals surface area contributed by atoms with Crippen LogP contribution in [0, 0.1) is 11.6 Å². The highest BCUT2D eigenvalue weighted by molar-refractivity contribution is 9.10. The first kappa shape index (κ1) is 14.0. The summed E-state index contributed by atoms with van der Waals surface area (Å²) >= 11 is 6.83. The third-order valence-corrected chi connectivity index (χ3v) is 4.71. The molecule has 20 heavy (non-hydrogen) atoms. The van der Waals surface area contributed by atoms with Gasteiger partial charge in [0.2, 0.25) is 0 Å². The molecule has 5 heteroatoms. The lowest BCUT2D eigenvalue weighted by atomic mass is 10.00. The number of hydrogen-bond donors (Lipinski definition) is 0. The standard InChI is InChI=1S/C15H10Br2F2O/c16-9-6-8-4-5-20-15(8)10(7-9)14(17)13-11(18)2-1-3-12(13)19/h1-3,6-7,14H,4-5H2. The van der Waals surface area contributed by atoms with Crippen molar-refractivity contribution in [3.05, 3.63) is 63.1 Å². The highest BCUT2D eigenvalue weighted by atomic mass is 79.9. The lowest BCUT2D eigenvalue weighted by Crippen LogP contribution is -2.02. The fourth-order valence-corrected chi connectivity index (χ4v) is 3.69. The molecule has 0 radical (unpaired) electrons. The fraction of sp³-hybridized carbons (Fsp3) is 0.200. The van der Waals surface area contributed by atoms with Crippen LogP contribution in [0.15, 0.2) is 34.8 Å². The molecule has 1 atom stereocenters. The maximum Gasteiger partial charge on any atom is 0.130 e. The average molecular weight is 404 g/mol. The molecule has 0 bridgehead atoms. The molecule has 2 aromatic carbocycles. The van der Waals surface area contributed by atoms with E-state index < -0.39 is 16.5 Å². The van der Waals surface area contributed by atoms with Gasteiger partial charge in [-0.1, -0.05) is 37.9 Å². The Labute approximate surface area is 132 Å². The van der Waals surface area contributed by atoms with Crippen molar-refractivity contribution < 1.29 is 13.5 Å². The van der Waals surface area contributed by atoms with E-state index in [0.717, 1.165) is 27.8 Å². The van der Waals surface area contributed by atoms with Gasteiger partial charge in [-0.25, -0.2) is 8.78 Å². The minimum atomic E-state index is -0.590. The summed E-state index contributed by atoms with van der Waals surface area (Å²) in [6, 6.07) is 7.67. The van der Waals surface area contributed by atoms with E-state index >= 15 is 0 Å². The van der Waals surface area contributed by atoms with Gasteiger partial charge in [0.15, 0.2) is 0 Å². The number of rotatable bonds is 2. The molecule has 104 valence electrons. The Morgan fingerprint density at radius 2 is 1.85 bits per heavy atom. The number of fused-ring (bicyclic) bond motifs is 1. The van der Waals surface area contributed by atoms with Crippen LogP contribution in [-0.4, -0.2) is 6.61 Å². The molecule has 1 unspecified atom stereocenters. The van der Waals surface area contributed by atoms with Gasteiger partial charge < -0.3 is 4.74 Å². The van der Waals surface area contributed by atoms with Crippen LogP contribution >= 0.6 is 31.9 Å². The molecular formula is C15H10Br2F2O. The maximum atomic E-state index is 13.9. The molecule has 0 saturated heterocycles. The molecular weight excluding hydrogens is 394 g/mol. The highest BCUT2D eigenvalue weighted by Crippen LogP contribution is 2.43. The Hall–Kier alpha value is -0.940. The van der Waals surface area contributed by atoms with Crippen molar-refractivity contribution in [2.45, 2.75) is 11.2 Å². The average Bonchev–Trinajstić information content (AvgIpc) is 2.85. The number of alkyl halides is 1. The molecule has 3 rings (SSSR count). The topological polar surface area (TPSA) is 9.23 Å². The van der Waals surface area contributed by atoms with Crippen molar-refractivity contribution in [1.29, 1.82) is 0 Å². The Morgan fingerprint density at radius 1 is 1.15 bits per heavy atom. The summed E-state index contributed by atoms with van der Waals surface area (Å²) < 4.78 is 34.3. The second-order valence-corrected chi connectivity index (χ2v) is 6.41. The first-order valence-corrected chi connectivity index (χ1v) is 7.82. The van der Waals surface area contributed by atoms with Crippen molar-refractivity contribution in [1.82, 2.24) is 0 Å². The number of halogens is 4. The van der Waals surface area contributed by atoms with Crippen molar-refractivity contribution in [3.8, 4) is 5.75 Å². The summed E-state index contributed by atoms with van der Waals surface area (Å²) in [5.41, 5.74) is 1.79. The predicted octanol–water partition coefficient (Wildman–Crippen LogP) is 5.15. The SMILES string of the molecule is Fc1cccc(F)c1C(Br)c1cc(Br)cc2c1OCC2. The molecule has 0 saturated carbocycles. The zero-order chi connectivity index (χ0) is 14.3. The minimum Gasteiger partial charge on any atom is -0.493 e. The van der Waals surface area contributed by atoms with Crippen LogP contribution in [0.25, 0.3) is 0 Å². The van der Waals surface area contributed by atoms with E-state index in [1.807, 2.05) is 12.1 Å². The largest absolute Gasteiger partial charge is 0.493 e. The maximum absolute atomic E-state index is 13.9. The third-order valence-electron chi connectivity index (χ3n) is 3.30. The molecule has 1 heterocycles. The smallest absolute Gasteiger partial charge is 0.130 e. The van der Waals surface area contributed by atoms with Gasteiger partial charge in [0.1, 0.15) is 17.4 Å². The number of benzene rings is 2. The molecule has 0 N–H and O–H groups in total. The Balaban J connectivity index is 2.14. The lowest BCUT2D eigenvalue weighted by Gasteiger charge is -2.16. The zero-order valence-electron chi connectivity index (χ0n) is 10.3. The summed E-state index contributed by atoms with van der Waals surface area (Å²) in [6.45, 7) is 0.595. The van der Waals surface area contributed by atoms with Crippen LogP contribution < -0.4 is 4.74 Å². The van der Waals surface area contributed by atoms with Gasteiger partial charge >= 0.3 is 0 Å². The molecule has 0 amide bonds. The van der Waals surface area contributed by atoms with Crippen molar-refractivity contribution >= 4 is 31.9 Å². The molecule has 1 aliphatic heterocycles. The van der Waals surface area contributed by atoms with Crippen molar-refractivity contribution in [3.63, 3.8) is 0 Å². The van der Waals surface area contributed by atoms with Gasteiger partial charge in [-0.2, -0.15) is 0 Å². The van der Waals surface area contributed by atoms with Crippen molar-refractivity contribution in [2.75, 3.05) is 6.61 Å². The van der Waals surface area contributed by atoms with E-state index in [4.69, 9.17) is 4.74 Å². The number of hydrogen-bond acceptors (Lipinski definition) is 1. The second kappa shape index (κ2) is 5.45. The Kier molecular flexibility index (Phi) is 3.82. The number of ether oxygens (including phenoxy) is 1. The van der Waals surface area contributed by atoms with Crippen LogP contribution in [0.1, 0.15) is 21.5 Å². The van der Waals surface area contributed by atoms with Crippen LogP contribution in [0.3, 0.4) is 0 Å². The van der Waals surface area contributed by atoms with E-state index in [-0.39, 0.29) is 5.56 Å². The summed E-state index contributed by atoms with van der Waals surface area (Å²) in [7, 11) is 0. The van der Waals surface area contributed by atoms with Crippen LogP contribution in [0.5, 0.6) is 5.75 Å². The van der Waals surface area contributed by atoms with E-state index in [0.29, 0.717) is 6.61 Å². The van der Waals surface area contributed by atoms with E-state index in [9.17, 15) is 8.78 Å². The van der Waals surface area contributed by atoms with E-state index in [2.05, 4.69) is 31.9 Å². The predicted molar refractivity (Wildman–Crippen MR) is 80.5 cm³/mol. The third kappa shape index (κ3) is 2.37. The Morgan fingerprint density at radius 3 is 2.55 bits per heavy atom. The summed E-state index contributed by atoms with van der Waals surface area (Å²) in [5, 5.41) is 0. The van der Waals surface area contributed by atoms with E-state index in [1.54, 1.807) is 0 Å². The fourth-order valence-electron chi connectivity index (χ4n) is 2.39. The molecule has 1 nitrogen and oxygen atoms in total. The molecule has 0 spiro atoms. The van der Waals surface area contributed by atoms with E-state index in [1.165, 1.54) is 18.2 Å². The van der Waals surface area contributed by atoms with Gasteiger partial charge in [-0.3, -0.25) is 0 Å². The van der Waals surface area contributed by atoms with Gasteiger partial charge in [0, 0.05) is 22.0 Å². The van der Waals surface area contributed by atoms with Gasteiger partial charge in [-0.05, 0) is 29.8 Å². The zero-order valence-corrected chi connectivity index (χ0v) is 13.5. The summed E-state index contributed by atoms with van der Waals surface area (Å²) in [5.74, 6) is -0.421. The lowest BCUT2D eigenvalue weighted by molar-refractivity contribution is 0.353. The van der Waals surface area contributed by atoms with Crippen molar-refractivity contribution in [2.24, 2.45) is 0 Å². The van der Waals surface area contributed by atoms with Crippen LogP contribution in [0.2, 0.25) is 0 Å². The summed E-state index contributed by atoms with van der Waals surface area (Å²) in [6.07, 6.45) is 0.807. The van der Waals surface area contributed by atoms with Gasteiger partial charge in [0.25, 0.3) is 0 Å². The molecule has 0 aliphatic carbocycles. The minimum absolute atomic E-state index is 0.00306. The van der Waals surface area contributed by atoms with Gasteiger partial charge in [-0.15, -0.1) is 0 Å². The highest BCUT2D eigenvalue weighted by Gasteiger charge is 2.26. The first-order valence-electron chi connectivity index (χ1n) is 6.11. The van der Waals surface area contributed by atoms with Crippen LogP contribution in [-0.2, 0) is 6.42 Å². The normalized spacial score (nSPS) is 14.8. The molecule has 0 aromatic heterocycles. The molecule has 2 aromatic rings. The second-order valence-electron chi connectivity index (χ2n) is 4.58.